The first kappa shape index (κ1) is 13.3. The fraction of sp³-hybridized carbons (Fsp3) is 0.714. The highest BCUT2D eigenvalue weighted by atomic mass is 15.2. The van der Waals surface area contributed by atoms with Gasteiger partial charge in [0.1, 0.15) is 12.1 Å². The third-order valence-electron chi connectivity index (χ3n) is 3.62. The average Bonchev–Trinajstić information content (AvgIpc) is 2.90. The monoisotopic (exact) mass is 248 g/mol. The van der Waals surface area contributed by atoms with E-state index in [1.807, 2.05) is 0 Å². The molecule has 4 nitrogen and oxygen atoms in total. The summed E-state index contributed by atoms with van der Waals surface area (Å²) in [6, 6.07) is 2.63. The summed E-state index contributed by atoms with van der Waals surface area (Å²) in [7, 11) is 0. The van der Waals surface area contributed by atoms with Crippen LogP contribution in [0.2, 0.25) is 0 Å². The van der Waals surface area contributed by atoms with Crippen molar-refractivity contribution in [2.24, 2.45) is 0 Å². The highest BCUT2D eigenvalue weighted by Gasteiger charge is 2.17. The molecule has 1 aliphatic rings. The lowest BCUT2D eigenvalue weighted by Crippen LogP contribution is -2.35. The number of hydrogen-bond donors (Lipinski definition) is 1. The molecule has 4 heteroatoms. The van der Waals surface area contributed by atoms with E-state index in [2.05, 4.69) is 47.0 Å². The van der Waals surface area contributed by atoms with Crippen LogP contribution in [0, 0.1) is 0 Å². The molecule has 1 atom stereocenters. The Bertz CT molecular complexity index is 372. The van der Waals surface area contributed by atoms with Crippen LogP contribution >= 0.6 is 0 Å². The minimum atomic E-state index is 0.449. The molecule has 2 heterocycles. The SMILES string of the molecule is CC(C)c1cc(NCC(C)N2CCCC2)ncn1. The van der Waals surface area contributed by atoms with Crippen LogP contribution in [0.15, 0.2) is 12.4 Å². The number of hydrogen-bond acceptors (Lipinski definition) is 4. The van der Waals surface area contributed by atoms with E-state index >= 15 is 0 Å². The van der Waals surface area contributed by atoms with Crippen LogP contribution in [0.1, 0.15) is 45.2 Å². The highest BCUT2D eigenvalue weighted by Crippen LogP contribution is 2.15. The van der Waals surface area contributed by atoms with Crippen molar-refractivity contribution in [1.82, 2.24) is 14.9 Å². The zero-order valence-corrected chi connectivity index (χ0v) is 11.7. The van der Waals surface area contributed by atoms with E-state index in [4.69, 9.17) is 0 Å². The van der Waals surface area contributed by atoms with Crippen molar-refractivity contribution < 1.29 is 0 Å². The fourth-order valence-electron chi connectivity index (χ4n) is 2.35. The molecule has 0 bridgehead atoms. The van der Waals surface area contributed by atoms with Gasteiger partial charge >= 0.3 is 0 Å². The number of anilines is 1. The second kappa shape index (κ2) is 6.14. The molecule has 100 valence electrons. The minimum Gasteiger partial charge on any atom is -0.368 e. The summed E-state index contributed by atoms with van der Waals surface area (Å²) in [5, 5.41) is 3.42. The van der Waals surface area contributed by atoms with E-state index in [1.54, 1.807) is 6.33 Å². The molecule has 0 aliphatic carbocycles. The highest BCUT2D eigenvalue weighted by molar-refractivity contribution is 5.35. The van der Waals surface area contributed by atoms with Gasteiger partial charge in [0, 0.05) is 24.3 Å². The second-order valence-electron chi connectivity index (χ2n) is 5.46. The van der Waals surface area contributed by atoms with Crippen molar-refractivity contribution in [1.29, 1.82) is 0 Å². The number of nitrogens with zero attached hydrogens (tertiary/aromatic N) is 3. The topological polar surface area (TPSA) is 41.0 Å². The lowest BCUT2D eigenvalue weighted by atomic mass is 10.1. The molecule has 1 fully saturated rings. The van der Waals surface area contributed by atoms with Crippen molar-refractivity contribution >= 4 is 5.82 Å². The Labute approximate surface area is 110 Å². The molecule has 0 saturated carbocycles. The Hall–Kier alpha value is -1.16. The van der Waals surface area contributed by atoms with E-state index in [9.17, 15) is 0 Å². The molecule has 0 spiro atoms. The number of nitrogens with one attached hydrogen (secondary N) is 1. The zero-order valence-electron chi connectivity index (χ0n) is 11.7. The van der Waals surface area contributed by atoms with Crippen LogP contribution in [0.4, 0.5) is 5.82 Å². The molecular formula is C14H24N4. The summed E-state index contributed by atoms with van der Waals surface area (Å²) >= 11 is 0. The predicted octanol–water partition coefficient (Wildman–Crippen LogP) is 2.50. The van der Waals surface area contributed by atoms with Crippen molar-refractivity contribution in [3.05, 3.63) is 18.1 Å². The van der Waals surface area contributed by atoms with Gasteiger partial charge in [-0.25, -0.2) is 9.97 Å². The Morgan fingerprint density at radius 3 is 2.61 bits per heavy atom. The van der Waals surface area contributed by atoms with Gasteiger partial charge in [0.15, 0.2) is 0 Å². The third kappa shape index (κ3) is 3.42. The van der Waals surface area contributed by atoms with E-state index in [0.717, 1.165) is 18.1 Å². The molecule has 18 heavy (non-hydrogen) atoms. The summed E-state index contributed by atoms with van der Waals surface area (Å²) < 4.78 is 0. The number of rotatable bonds is 5. The summed E-state index contributed by atoms with van der Waals surface area (Å²) in [6.07, 6.45) is 4.34. The van der Waals surface area contributed by atoms with E-state index in [0.29, 0.717) is 12.0 Å². The van der Waals surface area contributed by atoms with E-state index < -0.39 is 0 Å². The molecule has 1 aromatic heterocycles. The van der Waals surface area contributed by atoms with Crippen LogP contribution in [0.3, 0.4) is 0 Å². The van der Waals surface area contributed by atoms with Gasteiger partial charge in [-0.05, 0) is 38.8 Å². The molecule has 1 aliphatic heterocycles. The Morgan fingerprint density at radius 1 is 1.22 bits per heavy atom. The van der Waals surface area contributed by atoms with Gasteiger partial charge in [0.05, 0.1) is 0 Å². The predicted molar refractivity (Wildman–Crippen MR) is 74.9 cm³/mol. The molecule has 2 rings (SSSR count). The Kier molecular flexibility index (Phi) is 4.53. The first-order chi connectivity index (χ1) is 8.66. The smallest absolute Gasteiger partial charge is 0.129 e. The van der Waals surface area contributed by atoms with Gasteiger partial charge in [-0.2, -0.15) is 0 Å². The molecule has 1 unspecified atom stereocenters. The van der Waals surface area contributed by atoms with Crippen LogP contribution in [0.5, 0.6) is 0 Å². The van der Waals surface area contributed by atoms with Crippen LogP contribution in [-0.2, 0) is 0 Å². The van der Waals surface area contributed by atoms with Gasteiger partial charge in [0.2, 0.25) is 0 Å². The van der Waals surface area contributed by atoms with Gasteiger partial charge in [0.25, 0.3) is 0 Å². The first-order valence-electron chi connectivity index (χ1n) is 6.96. The quantitative estimate of drug-likeness (QED) is 0.869. The Morgan fingerprint density at radius 2 is 1.94 bits per heavy atom. The van der Waals surface area contributed by atoms with Crippen molar-refractivity contribution in [3.8, 4) is 0 Å². The molecule has 1 saturated heterocycles. The Balaban J connectivity index is 1.87. The summed E-state index contributed by atoms with van der Waals surface area (Å²) in [4.78, 5) is 11.1. The van der Waals surface area contributed by atoms with Gasteiger partial charge in [-0.15, -0.1) is 0 Å². The molecule has 0 aromatic carbocycles. The van der Waals surface area contributed by atoms with Crippen LogP contribution in [-0.4, -0.2) is 40.5 Å². The maximum absolute atomic E-state index is 4.28. The van der Waals surface area contributed by atoms with Crippen LogP contribution < -0.4 is 5.32 Å². The summed E-state index contributed by atoms with van der Waals surface area (Å²) in [5.41, 5.74) is 1.10. The van der Waals surface area contributed by atoms with Gasteiger partial charge in [-0.1, -0.05) is 13.8 Å². The maximum Gasteiger partial charge on any atom is 0.129 e. The lowest BCUT2D eigenvalue weighted by molar-refractivity contribution is 0.269. The first-order valence-corrected chi connectivity index (χ1v) is 6.96. The average molecular weight is 248 g/mol. The standard InChI is InChI=1S/C14H24N4/c1-11(2)13-8-14(17-10-16-13)15-9-12(3)18-6-4-5-7-18/h8,10-12H,4-7,9H2,1-3H3,(H,15,16,17). The molecule has 0 radical (unpaired) electrons. The fourth-order valence-corrected chi connectivity index (χ4v) is 2.35. The van der Waals surface area contributed by atoms with Gasteiger partial charge < -0.3 is 5.32 Å². The van der Waals surface area contributed by atoms with Crippen molar-refractivity contribution in [2.45, 2.75) is 45.6 Å². The normalized spacial score (nSPS) is 18.2. The molecule has 0 amide bonds. The molecule has 1 N–H and O–H groups in total. The zero-order chi connectivity index (χ0) is 13.0. The number of likely N-dealkylation sites (tertiary alicyclic amines) is 1. The number of aromatic nitrogens is 2. The second-order valence-corrected chi connectivity index (χ2v) is 5.46. The van der Waals surface area contributed by atoms with E-state index in [1.165, 1.54) is 25.9 Å². The summed E-state index contributed by atoms with van der Waals surface area (Å²) in [5.74, 6) is 1.39. The van der Waals surface area contributed by atoms with E-state index in [-0.39, 0.29) is 0 Å². The largest absolute Gasteiger partial charge is 0.368 e. The molecule has 1 aromatic rings. The van der Waals surface area contributed by atoms with Crippen molar-refractivity contribution in [3.63, 3.8) is 0 Å². The lowest BCUT2D eigenvalue weighted by Gasteiger charge is -2.24. The molecular weight excluding hydrogens is 224 g/mol. The minimum absolute atomic E-state index is 0.449. The van der Waals surface area contributed by atoms with Gasteiger partial charge in [-0.3, -0.25) is 4.90 Å². The maximum atomic E-state index is 4.28. The summed E-state index contributed by atoms with van der Waals surface area (Å²) in [6.45, 7) is 10.0. The van der Waals surface area contributed by atoms with Crippen molar-refractivity contribution in [2.75, 3.05) is 25.0 Å². The third-order valence-corrected chi connectivity index (χ3v) is 3.62. The van der Waals surface area contributed by atoms with Crippen LogP contribution in [0.25, 0.3) is 0 Å².